The van der Waals surface area contributed by atoms with E-state index in [2.05, 4.69) is 5.32 Å². The molecule has 0 spiro atoms. The zero-order valence-corrected chi connectivity index (χ0v) is 25.8. The molecule has 2 aromatic rings. The molecule has 0 radical (unpaired) electrons. The second-order valence-electron chi connectivity index (χ2n) is 11.3. The smallest absolute Gasteiger partial charge is 0.313 e. The summed E-state index contributed by atoms with van der Waals surface area (Å²) in [6.45, 7) is 7.31. The maximum Gasteiger partial charge on any atom is 0.313 e. The van der Waals surface area contributed by atoms with Gasteiger partial charge in [-0.1, -0.05) is 71.4 Å². The molecular formula is C33H41NO10. The van der Waals surface area contributed by atoms with Gasteiger partial charge in [0.15, 0.2) is 0 Å². The van der Waals surface area contributed by atoms with E-state index in [4.69, 9.17) is 23.7 Å². The molecule has 11 heteroatoms. The molecule has 1 saturated carbocycles. The molecule has 0 aliphatic heterocycles. The van der Waals surface area contributed by atoms with Crippen LogP contribution in [0.15, 0.2) is 54.6 Å². The predicted molar refractivity (Wildman–Crippen MR) is 158 cm³/mol. The minimum Gasteiger partial charge on any atom is -0.457 e. The minimum atomic E-state index is -1.26. The summed E-state index contributed by atoms with van der Waals surface area (Å²) in [7, 11) is 0. The van der Waals surface area contributed by atoms with Gasteiger partial charge in [-0.15, -0.1) is 0 Å². The van der Waals surface area contributed by atoms with Crippen molar-refractivity contribution in [1.29, 1.82) is 0 Å². The van der Waals surface area contributed by atoms with E-state index in [0.717, 1.165) is 5.56 Å². The molecule has 238 valence electrons. The first kappa shape index (κ1) is 34.1. The largest absolute Gasteiger partial charge is 0.457 e. The van der Waals surface area contributed by atoms with Crippen molar-refractivity contribution in [1.82, 2.24) is 5.32 Å². The number of carbonyl (C=O) groups is 5. The summed E-state index contributed by atoms with van der Waals surface area (Å²) in [6, 6.07) is 16.5. The SMILES string of the molecule is CCCC1(C(=O)NCc2ccc(Oc3ccccc3)cc2)CC(C(=O)OCOC(=O)C(C)C)C1C(=O)OCOC(=O)C(C)C. The number of ether oxygens (including phenoxy) is 5. The summed E-state index contributed by atoms with van der Waals surface area (Å²) in [5.74, 6) is -4.92. The first-order valence-electron chi connectivity index (χ1n) is 14.7. The fourth-order valence-corrected chi connectivity index (χ4v) is 5.00. The maximum absolute atomic E-state index is 13.7. The van der Waals surface area contributed by atoms with E-state index in [1.807, 2.05) is 49.4 Å². The van der Waals surface area contributed by atoms with Crippen molar-refractivity contribution >= 4 is 29.8 Å². The number of esters is 4. The Hall–Kier alpha value is -4.41. The van der Waals surface area contributed by atoms with Gasteiger partial charge in [0.05, 0.1) is 29.1 Å². The van der Waals surface area contributed by atoms with Crippen molar-refractivity contribution < 1.29 is 47.7 Å². The van der Waals surface area contributed by atoms with E-state index in [-0.39, 0.29) is 13.0 Å². The Morgan fingerprint density at radius 2 is 1.32 bits per heavy atom. The third kappa shape index (κ3) is 8.81. The molecule has 0 bridgehead atoms. The average molecular weight is 612 g/mol. The van der Waals surface area contributed by atoms with E-state index in [1.54, 1.807) is 39.8 Å². The highest BCUT2D eigenvalue weighted by atomic mass is 16.7. The van der Waals surface area contributed by atoms with E-state index in [1.165, 1.54) is 0 Å². The van der Waals surface area contributed by atoms with Gasteiger partial charge < -0.3 is 29.0 Å². The Balaban J connectivity index is 1.71. The van der Waals surface area contributed by atoms with Crippen molar-refractivity contribution in [2.45, 2.75) is 60.4 Å². The monoisotopic (exact) mass is 611 g/mol. The van der Waals surface area contributed by atoms with Crippen molar-refractivity contribution in [2.24, 2.45) is 29.1 Å². The minimum absolute atomic E-state index is 0.0268. The second kappa shape index (κ2) is 15.9. The standard InChI is InChI=1S/C33H41NO10/c1-6-16-33(32(39)34-18-23-12-14-25(15-13-23)44-24-10-8-7-9-11-24)17-26(30(37)42-19-40-28(35)21(2)3)27(33)31(38)43-20-41-29(36)22(4)5/h7-15,21-22,26-27H,6,16-20H2,1-5H3,(H,34,39). The number of carbonyl (C=O) groups excluding carboxylic acids is 5. The van der Waals surface area contributed by atoms with Gasteiger partial charge >= 0.3 is 23.9 Å². The van der Waals surface area contributed by atoms with Gasteiger partial charge in [0.2, 0.25) is 19.5 Å². The molecule has 3 unspecified atom stereocenters. The zero-order valence-electron chi connectivity index (χ0n) is 25.8. The van der Waals surface area contributed by atoms with Crippen LogP contribution in [0.2, 0.25) is 0 Å². The van der Waals surface area contributed by atoms with Crippen LogP contribution in [-0.2, 0) is 49.5 Å². The molecular weight excluding hydrogens is 570 g/mol. The molecule has 1 aliphatic rings. The number of nitrogens with one attached hydrogen (secondary N) is 1. The molecule has 1 amide bonds. The lowest BCUT2D eigenvalue weighted by atomic mass is 9.51. The number of para-hydroxylation sites is 1. The van der Waals surface area contributed by atoms with Crippen LogP contribution in [0.25, 0.3) is 0 Å². The van der Waals surface area contributed by atoms with Crippen LogP contribution in [-0.4, -0.2) is 43.4 Å². The zero-order chi connectivity index (χ0) is 32.3. The quantitative estimate of drug-likeness (QED) is 0.218. The molecule has 11 nitrogen and oxygen atoms in total. The molecule has 1 N–H and O–H groups in total. The van der Waals surface area contributed by atoms with E-state index < -0.39 is 72.5 Å². The van der Waals surface area contributed by atoms with Gasteiger partial charge in [0, 0.05) is 6.54 Å². The number of amides is 1. The first-order chi connectivity index (χ1) is 21.0. The molecule has 3 rings (SSSR count). The van der Waals surface area contributed by atoms with Gasteiger partial charge in [0.1, 0.15) is 11.5 Å². The molecule has 44 heavy (non-hydrogen) atoms. The highest BCUT2D eigenvalue weighted by Crippen LogP contribution is 2.55. The normalized spacial score (nSPS) is 19.0. The number of hydrogen-bond donors (Lipinski definition) is 1. The fourth-order valence-electron chi connectivity index (χ4n) is 5.00. The van der Waals surface area contributed by atoms with Crippen LogP contribution >= 0.6 is 0 Å². The Morgan fingerprint density at radius 1 is 0.773 bits per heavy atom. The van der Waals surface area contributed by atoms with Crippen LogP contribution in [0, 0.1) is 29.1 Å². The molecule has 1 aliphatic carbocycles. The van der Waals surface area contributed by atoms with Crippen LogP contribution in [0.3, 0.4) is 0 Å². The lowest BCUT2D eigenvalue weighted by Gasteiger charge is -2.50. The highest BCUT2D eigenvalue weighted by Gasteiger charge is 2.64. The Bertz CT molecular complexity index is 1290. The maximum atomic E-state index is 13.7. The van der Waals surface area contributed by atoms with Crippen LogP contribution in [0.4, 0.5) is 0 Å². The fraction of sp³-hybridized carbons (Fsp3) is 0.485. The van der Waals surface area contributed by atoms with Crippen LogP contribution in [0.1, 0.15) is 59.4 Å². The molecule has 0 aromatic heterocycles. The Kier molecular flexibility index (Phi) is 12.3. The van der Waals surface area contributed by atoms with Gasteiger partial charge in [-0.2, -0.15) is 0 Å². The van der Waals surface area contributed by atoms with E-state index in [0.29, 0.717) is 24.3 Å². The summed E-state index contributed by atoms with van der Waals surface area (Å²) in [4.78, 5) is 63.6. The lowest BCUT2D eigenvalue weighted by molar-refractivity contribution is -0.201. The van der Waals surface area contributed by atoms with E-state index >= 15 is 0 Å². The van der Waals surface area contributed by atoms with Crippen molar-refractivity contribution in [2.75, 3.05) is 13.6 Å². The number of hydrogen-bond acceptors (Lipinski definition) is 10. The third-order valence-electron chi connectivity index (χ3n) is 7.39. The Morgan fingerprint density at radius 3 is 1.86 bits per heavy atom. The highest BCUT2D eigenvalue weighted by molar-refractivity contribution is 5.95. The second-order valence-corrected chi connectivity index (χ2v) is 11.3. The molecule has 0 saturated heterocycles. The summed E-state index contributed by atoms with van der Waals surface area (Å²) >= 11 is 0. The summed E-state index contributed by atoms with van der Waals surface area (Å²) < 4.78 is 26.1. The topological polar surface area (TPSA) is 144 Å². The molecule has 1 fully saturated rings. The van der Waals surface area contributed by atoms with E-state index in [9.17, 15) is 24.0 Å². The molecule has 0 heterocycles. The summed E-state index contributed by atoms with van der Waals surface area (Å²) in [5.41, 5.74) is -0.463. The van der Waals surface area contributed by atoms with Gasteiger partial charge in [0.25, 0.3) is 0 Å². The first-order valence-corrected chi connectivity index (χ1v) is 14.7. The van der Waals surface area contributed by atoms with Gasteiger partial charge in [-0.05, 0) is 42.7 Å². The lowest BCUT2D eigenvalue weighted by Crippen LogP contribution is -2.62. The van der Waals surface area contributed by atoms with Crippen molar-refractivity contribution in [3.8, 4) is 11.5 Å². The molecule has 3 atom stereocenters. The Labute approximate surface area is 257 Å². The van der Waals surface area contributed by atoms with Gasteiger partial charge in [-0.25, -0.2) is 0 Å². The molecule has 2 aromatic carbocycles. The van der Waals surface area contributed by atoms with Crippen LogP contribution < -0.4 is 10.1 Å². The van der Waals surface area contributed by atoms with Crippen LogP contribution in [0.5, 0.6) is 11.5 Å². The number of rotatable bonds is 15. The summed E-state index contributed by atoms with van der Waals surface area (Å²) in [6.07, 6.45) is 0.859. The third-order valence-corrected chi connectivity index (χ3v) is 7.39. The summed E-state index contributed by atoms with van der Waals surface area (Å²) in [5, 5.41) is 2.91. The van der Waals surface area contributed by atoms with Gasteiger partial charge in [-0.3, -0.25) is 24.0 Å². The number of benzene rings is 2. The van der Waals surface area contributed by atoms with Crippen molar-refractivity contribution in [3.05, 3.63) is 60.2 Å². The average Bonchev–Trinajstić information content (AvgIpc) is 2.98. The predicted octanol–water partition coefficient (Wildman–Crippen LogP) is 4.92. The van der Waals surface area contributed by atoms with Crippen molar-refractivity contribution in [3.63, 3.8) is 0 Å².